The third-order valence-electron chi connectivity index (χ3n) is 2.46. The van der Waals surface area contributed by atoms with Crippen LogP contribution in [-0.2, 0) is 16.0 Å². The lowest BCUT2D eigenvalue weighted by molar-refractivity contribution is -0.142. The Bertz CT molecular complexity index is 636. The first-order valence-electron chi connectivity index (χ1n) is 6.17. The first kappa shape index (κ1) is 16.0. The highest BCUT2D eigenvalue weighted by molar-refractivity contribution is 7.98. The second-order valence-corrected chi connectivity index (χ2v) is 6.52. The molecule has 2 rings (SSSR count). The number of thiazole rings is 1. The number of hydrogen-bond acceptors (Lipinski definition) is 7. The summed E-state index contributed by atoms with van der Waals surface area (Å²) in [5.74, 6) is -0.491. The first-order chi connectivity index (χ1) is 10.1. The van der Waals surface area contributed by atoms with Gasteiger partial charge in [0, 0.05) is 10.3 Å². The number of thiophene rings is 1. The van der Waals surface area contributed by atoms with Crippen LogP contribution in [0.15, 0.2) is 21.7 Å². The van der Waals surface area contributed by atoms with Gasteiger partial charge < -0.3 is 4.74 Å². The molecule has 0 unspecified atom stereocenters. The molecule has 2 aromatic rings. The van der Waals surface area contributed by atoms with Crippen LogP contribution in [0.5, 0.6) is 0 Å². The number of esters is 1. The maximum Gasteiger partial charge on any atom is 0.311 e. The molecule has 0 saturated heterocycles. The molecular weight excluding hydrogens is 328 g/mol. The Morgan fingerprint density at radius 1 is 1.43 bits per heavy atom. The number of carbonyl (C=O) groups excluding carboxylic acids is 2. The number of anilines is 1. The van der Waals surface area contributed by atoms with Gasteiger partial charge in [0.2, 0.25) is 0 Å². The fourth-order valence-corrected chi connectivity index (χ4v) is 3.93. The number of carbonyl (C=O) groups is 2. The summed E-state index contributed by atoms with van der Waals surface area (Å²) in [5, 5.41) is 6.87. The van der Waals surface area contributed by atoms with E-state index in [1.807, 2.05) is 17.7 Å². The normalized spacial score (nSPS) is 10.4. The third kappa shape index (κ3) is 4.29. The molecule has 0 radical (unpaired) electrons. The standard InChI is InChI=1S/C13H14N2O3S3/c1-3-18-10(16)6-8-7-21-13(14-8)15-12(17)11-9(19-2)4-5-20-11/h4-5,7H,3,6H2,1-2H3,(H,14,15,17). The number of nitrogens with one attached hydrogen (secondary N) is 1. The smallest absolute Gasteiger partial charge is 0.311 e. The Morgan fingerprint density at radius 3 is 2.95 bits per heavy atom. The molecule has 5 nitrogen and oxygen atoms in total. The van der Waals surface area contributed by atoms with E-state index in [0.717, 1.165) is 4.90 Å². The zero-order valence-electron chi connectivity index (χ0n) is 11.5. The Hall–Kier alpha value is -1.38. The molecule has 0 aliphatic heterocycles. The second kappa shape index (κ2) is 7.58. The summed E-state index contributed by atoms with van der Waals surface area (Å²) in [6.45, 7) is 2.11. The van der Waals surface area contributed by atoms with E-state index in [9.17, 15) is 9.59 Å². The van der Waals surface area contributed by atoms with Gasteiger partial charge in [-0.2, -0.15) is 0 Å². The van der Waals surface area contributed by atoms with Crippen LogP contribution in [0.25, 0.3) is 0 Å². The number of hydrogen-bond donors (Lipinski definition) is 1. The fraction of sp³-hybridized carbons (Fsp3) is 0.308. The minimum atomic E-state index is -0.316. The van der Waals surface area contributed by atoms with Gasteiger partial charge in [-0.3, -0.25) is 14.9 Å². The van der Waals surface area contributed by atoms with E-state index in [-0.39, 0.29) is 18.3 Å². The quantitative estimate of drug-likeness (QED) is 0.644. The van der Waals surface area contributed by atoms with Crippen molar-refractivity contribution < 1.29 is 14.3 Å². The average molecular weight is 342 g/mol. The van der Waals surface area contributed by atoms with Crippen molar-refractivity contribution in [3.8, 4) is 0 Å². The van der Waals surface area contributed by atoms with E-state index in [1.54, 1.807) is 12.3 Å². The highest BCUT2D eigenvalue weighted by Gasteiger charge is 2.15. The molecule has 1 amide bonds. The summed E-state index contributed by atoms with van der Waals surface area (Å²) in [7, 11) is 0. The molecule has 8 heteroatoms. The number of nitrogens with zero attached hydrogens (tertiary/aromatic N) is 1. The Morgan fingerprint density at radius 2 is 2.24 bits per heavy atom. The second-order valence-electron chi connectivity index (χ2n) is 3.90. The minimum absolute atomic E-state index is 0.120. The topological polar surface area (TPSA) is 68.3 Å². The number of rotatable bonds is 6. The summed E-state index contributed by atoms with van der Waals surface area (Å²) in [4.78, 5) is 29.4. The van der Waals surface area contributed by atoms with E-state index < -0.39 is 0 Å². The zero-order valence-corrected chi connectivity index (χ0v) is 14.0. The van der Waals surface area contributed by atoms with Crippen molar-refractivity contribution in [2.45, 2.75) is 18.2 Å². The molecule has 0 bridgehead atoms. The largest absolute Gasteiger partial charge is 0.466 e. The molecule has 0 aromatic carbocycles. The average Bonchev–Trinajstić information content (AvgIpc) is 3.07. The van der Waals surface area contributed by atoms with Gasteiger partial charge in [-0.25, -0.2) is 4.98 Å². The molecule has 1 N–H and O–H groups in total. The van der Waals surface area contributed by atoms with Gasteiger partial charge in [0.25, 0.3) is 5.91 Å². The van der Waals surface area contributed by atoms with Gasteiger partial charge in [-0.15, -0.1) is 34.4 Å². The Labute approximate surface area is 134 Å². The van der Waals surface area contributed by atoms with Crippen LogP contribution in [0, 0.1) is 0 Å². The molecular formula is C13H14N2O3S3. The predicted octanol–water partition coefficient (Wildman–Crippen LogP) is 3.28. The monoisotopic (exact) mass is 342 g/mol. The molecule has 2 heterocycles. The lowest BCUT2D eigenvalue weighted by Crippen LogP contribution is -2.11. The SMILES string of the molecule is CCOC(=O)Cc1csc(NC(=O)c2sccc2SC)n1. The van der Waals surface area contributed by atoms with E-state index in [4.69, 9.17) is 4.74 Å². The third-order valence-corrected chi connectivity index (χ3v) is 5.09. The molecule has 0 aliphatic carbocycles. The van der Waals surface area contributed by atoms with Crippen molar-refractivity contribution in [3.63, 3.8) is 0 Å². The van der Waals surface area contributed by atoms with Crippen LogP contribution < -0.4 is 5.32 Å². The Balaban J connectivity index is 1.99. The number of amides is 1. The van der Waals surface area contributed by atoms with Crippen molar-refractivity contribution in [1.82, 2.24) is 4.98 Å². The van der Waals surface area contributed by atoms with Gasteiger partial charge >= 0.3 is 5.97 Å². The van der Waals surface area contributed by atoms with Gasteiger partial charge in [-0.1, -0.05) is 0 Å². The Kier molecular flexibility index (Phi) is 5.77. The highest BCUT2D eigenvalue weighted by atomic mass is 32.2. The summed E-state index contributed by atoms with van der Waals surface area (Å²) >= 11 is 4.22. The summed E-state index contributed by atoms with van der Waals surface area (Å²) in [5.41, 5.74) is 0.602. The van der Waals surface area contributed by atoms with Crippen LogP contribution in [0.3, 0.4) is 0 Å². The molecule has 0 atom stereocenters. The highest BCUT2D eigenvalue weighted by Crippen LogP contribution is 2.27. The van der Waals surface area contributed by atoms with Gasteiger partial charge in [0.1, 0.15) is 4.88 Å². The van der Waals surface area contributed by atoms with Crippen LogP contribution in [-0.4, -0.2) is 29.7 Å². The lowest BCUT2D eigenvalue weighted by atomic mass is 10.3. The van der Waals surface area contributed by atoms with Gasteiger partial charge in [0.05, 0.1) is 18.7 Å². The minimum Gasteiger partial charge on any atom is -0.466 e. The molecule has 21 heavy (non-hydrogen) atoms. The molecule has 0 fully saturated rings. The summed E-state index contributed by atoms with van der Waals surface area (Å²) in [6, 6.07) is 1.91. The zero-order chi connectivity index (χ0) is 15.2. The van der Waals surface area contributed by atoms with Gasteiger partial charge in [0.15, 0.2) is 5.13 Å². The number of thioether (sulfide) groups is 1. The van der Waals surface area contributed by atoms with E-state index in [0.29, 0.717) is 22.3 Å². The molecule has 112 valence electrons. The summed E-state index contributed by atoms with van der Waals surface area (Å²) < 4.78 is 4.86. The van der Waals surface area contributed by atoms with Crippen molar-refractivity contribution >= 4 is 51.4 Å². The van der Waals surface area contributed by atoms with Crippen molar-refractivity contribution in [3.05, 3.63) is 27.4 Å². The molecule has 0 aliphatic rings. The maximum absolute atomic E-state index is 12.1. The molecule has 0 spiro atoms. The lowest BCUT2D eigenvalue weighted by Gasteiger charge is -2.01. The van der Waals surface area contributed by atoms with Crippen LogP contribution in [0.2, 0.25) is 0 Å². The van der Waals surface area contributed by atoms with Crippen LogP contribution in [0.1, 0.15) is 22.3 Å². The number of ether oxygens (including phenoxy) is 1. The fourth-order valence-electron chi connectivity index (χ4n) is 1.58. The van der Waals surface area contributed by atoms with Crippen LogP contribution >= 0.6 is 34.4 Å². The van der Waals surface area contributed by atoms with E-state index >= 15 is 0 Å². The van der Waals surface area contributed by atoms with E-state index in [2.05, 4.69) is 10.3 Å². The van der Waals surface area contributed by atoms with Crippen molar-refractivity contribution in [2.75, 3.05) is 18.2 Å². The molecule has 0 saturated carbocycles. The number of aromatic nitrogens is 1. The van der Waals surface area contributed by atoms with Crippen LogP contribution in [0.4, 0.5) is 5.13 Å². The van der Waals surface area contributed by atoms with Crippen molar-refractivity contribution in [2.24, 2.45) is 0 Å². The molecule has 2 aromatic heterocycles. The maximum atomic E-state index is 12.1. The van der Waals surface area contributed by atoms with Gasteiger partial charge in [-0.05, 0) is 24.6 Å². The van der Waals surface area contributed by atoms with E-state index in [1.165, 1.54) is 34.4 Å². The van der Waals surface area contributed by atoms with Crippen molar-refractivity contribution in [1.29, 1.82) is 0 Å². The first-order valence-corrected chi connectivity index (χ1v) is 9.15. The predicted molar refractivity (Wildman–Crippen MR) is 86.5 cm³/mol. The summed E-state index contributed by atoms with van der Waals surface area (Å²) in [6.07, 6.45) is 2.05.